The summed E-state index contributed by atoms with van der Waals surface area (Å²) in [5.41, 5.74) is 1.10. The van der Waals surface area contributed by atoms with E-state index in [4.69, 9.17) is 0 Å². The molecule has 6 nitrogen and oxygen atoms in total. The molecule has 1 rings (SSSR count). The van der Waals surface area contributed by atoms with Crippen LogP contribution in [0.5, 0.6) is 0 Å². The summed E-state index contributed by atoms with van der Waals surface area (Å²) in [4.78, 5) is 17.3. The van der Waals surface area contributed by atoms with Gasteiger partial charge >= 0.3 is 0 Å². The molecule has 0 spiro atoms. The predicted molar refractivity (Wildman–Crippen MR) is 67.9 cm³/mol. The molecule has 0 atom stereocenters. The first-order valence-electron chi connectivity index (χ1n) is 5.65. The average molecular weight is 239 g/mol. The Bertz CT molecular complexity index is 372. The third kappa shape index (κ3) is 3.74. The van der Waals surface area contributed by atoms with Gasteiger partial charge in [0.2, 0.25) is 11.9 Å². The lowest BCUT2D eigenvalue weighted by molar-refractivity contribution is -0.120. The zero-order valence-corrected chi connectivity index (χ0v) is 10.9. The molecular formula is C11H21N5O. The maximum Gasteiger partial charge on any atom is 0.221 e. The van der Waals surface area contributed by atoms with Crippen LogP contribution in [0.15, 0.2) is 6.20 Å². The number of carbonyl (C=O) groups is 1. The number of rotatable bonds is 6. The highest BCUT2D eigenvalue weighted by Gasteiger charge is 2.07. The number of carbonyl (C=O) groups excluding carboxylic acids is 1. The van der Waals surface area contributed by atoms with E-state index in [0.29, 0.717) is 19.5 Å². The van der Waals surface area contributed by atoms with E-state index in [-0.39, 0.29) is 5.91 Å². The molecule has 1 heterocycles. The summed E-state index contributed by atoms with van der Waals surface area (Å²) in [6, 6.07) is 0. The monoisotopic (exact) mass is 239 g/mol. The van der Waals surface area contributed by atoms with Gasteiger partial charge in [0.05, 0.1) is 11.9 Å². The number of amides is 1. The van der Waals surface area contributed by atoms with Crippen molar-refractivity contribution in [3.05, 3.63) is 11.9 Å². The van der Waals surface area contributed by atoms with Gasteiger partial charge < -0.3 is 20.1 Å². The third-order valence-electron chi connectivity index (χ3n) is 2.57. The number of hydrogen-bond acceptors (Lipinski definition) is 4. The van der Waals surface area contributed by atoms with Crippen molar-refractivity contribution in [3.8, 4) is 0 Å². The van der Waals surface area contributed by atoms with Gasteiger partial charge in [-0.05, 0) is 0 Å². The van der Waals surface area contributed by atoms with Crippen molar-refractivity contribution in [2.75, 3.05) is 32.6 Å². The lowest BCUT2D eigenvalue weighted by atomic mass is 10.4. The van der Waals surface area contributed by atoms with E-state index in [1.54, 1.807) is 7.05 Å². The van der Waals surface area contributed by atoms with Gasteiger partial charge in [0.25, 0.3) is 0 Å². The minimum Gasteiger partial charge on any atom is -0.359 e. The van der Waals surface area contributed by atoms with Crippen molar-refractivity contribution in [1.29, 1.82) is 0 Å². The number of anilines is 1. The first-order chi connectivity index (χ1) is 8.06. The molecule has 0 radical (unpaired) electrons. The SMILES string of the molecule is CNC(=O)CCNCc1cnc(N(C)C)n1C. The first kappa shape index (κ1) is 13.5. The molecule has 17 heavy (non-hydrogen) atoms. The highest BCUT2D eigenvalue weighted by atomic mass is 16.1. The van der Waals surface area contributed by atoms with Crippen molar-refractivity contribution in [2.24, 2.45) is 7.05 Å². The fourth-order valence-corrected chi connectivity index (χ4v) is 1.56. The maximum absolute atomic E-state index is 11.0. The Morgan fingerprint density at radius 2 is 2.24 bits per heavy atom. The Kier molecular flexibility index (Phi) is 4.96. The van der Waals surface area contributed by atoms with Crippen LogP contribution < -0.4 is 15.5 Å². The maximum atomic E-state index is 11.0. The summed E-state index contributed by atoms with van der Waals surface area (Å²) in [6.45, 7) is 1.39. The average Bonchev–Trinajstić information content (AvgIpc) is 2.66. The van der Waals surface area contributed by atoms with Gasteiger partial charge in [0.1, 0.15) is 0 Å². The molecule has 1 aromatic rings. The number of aromatic nitrogens is 2. The van der Waals surface area contributed by atoms with Gasteiger partial charge in [-0.15, -0.1) is 0 Å². The molecule has 0 fully saturated rings. The molecule has 6 heteroatoms. The summed E-state index contributed by atoms with van der Waals surface area (Å²) in [5, 5.41) is 5.81. The zero-order chi connectivity index (χ0) is 12.8. The lowest BCUT2D eigenvalue weighted by Gasteiger charge is -2.12. The Morgan fingerprint density at radius 3 is 2.76 bits per heavy atom. The van der Waals surface area contributed by atoms with Crippen LogP contribution in [0.1, 0.15) is 12.1 Å². The van der Waals surface area contributed by atoms with Crippen LogP contribution in [0, 0.1) is 0 Å². The lowest BCUT2D eigenvalue weighted by Crippen LogP contribution is -2.25. The molecule has 0 saturated heterocycles. The summed E-state index contributed by atoms with van der Waals surface area (Å²) >= 11 is 0. The summed E-state index contributed by atoms with van der Waals surface area (Å²) in [7, 11) is 7.56. The minimum absolute atomic E-state index is 0.0523. The summed E-state index contributed by atoms with van der Waals surface area (Å²) in [5.74, 6) is 0.976. The second-order valence-corrected chi connectivity index (χ2v) is 4.10. The Labute approximate surface area is 102 Å². The highest BCUT2D eigenvalue weighted by Crippen LogP contribution is 2.10. The smallest absolute Gasteiger partial charge is 0.221 e. The number of imidazole rings is 1. The molecule has 0 aliphatic heterocycles. The van der Waals surface area contributed by atoms with Crippen LogP contribution in [0.3, 0.4) is 0 Å². The van der Waals surface area contributed by atoms with Gasteiger partial charge in [0.15, 0.2) is 0 Å². The second-order valence-electron chi connectivity index (χ2n) is 4.10. The molecule has 0 aliphatic rings. The molecule has 96 valence electrons. The van der Waals surface area contributed by atoms with Gasteiger partial charge in [0, 0.05) is 47.7 Å². The molecule has 0 aliphatic carbocycles. The van der Waals surface area contributed by atoms with Gasteiger partial charge in [-0.3, -0.25) is 4.79 Å². The van der Waals surface area contributed by atoms with Crippen molar-refractivity contribution in [3.63, 3.8) is 0 Å². The largest absolute Gasteiger partial charge is 0.359 e. The van der Waals surface area contributed by atoms with E-state index in [0.717, 1.165) is 11.6 Å². The Balaban J connectivity index is 2.40. The van der Waals surface area contributed by atoms with Crippen LogP contribution in [-0.2, 0) is 18.4 Å². The molecular weight excluding hydrogens is 218 g/mol. The molecule has 2 N–H and O–H groups in total. The summed E-state index contributed by atoms with van der Waals surface area (Å²) in [6.07, 6.45) is 2.34. The van der Waals surface area contributed by atoms with Crippen molar-refractivity contribution < 1.29 is 4.79 Å². The van der Waals surface area contributed by atoms with E-state index in [1.807, 2.05) is 36.8 Å². The Hall–Kier alpha value is -1.56. The minimum atomic E-state index is 0.0523. The fourth-order valence-electron chi connectivity index (χ4n) is 1.56. The fraction of sp³-hybridized carbons (Fsp3) is 0.636. The van der Waals surface area contributed by atoms with E-state index in [1.165, 1.54) is 0 Å². The van der Waals surface area contributed by atoms with Crippen LogP contribution in [0.25, 0.3) is 0 Å². The standard InChI is InChI=1S/C11H21N5O/c1-12-10(17)5-6-13-7-9-8-14-11(15(2)3)16(9)4/h8,13H,5-7H2,1-4H3,(H,12,17). The molecule has 1 amide bonds. The topological polar surface area (TPSA) is 62.2 Å². The van der Waals surface area contributed by atoms with Crippen LogP contribution in [0.2, 0.25) is 0 Å². The number of nitrogens with one attached hydrogen (secondary N) is 2. The first-order valence-corrected chi connectivity index (χ1v) is 5.65. The van der Waals surface area contributed by atoms with Crippen LogP contribution >= 0.6 is 0 Å². The quantitative estimate of drug-likeness (QED) is 0.670. The molecule has 0 aromatic carbocycles. The van der Waals surface area contributed by atoms with Crippen LogP contribution in [0.4, 0.5) is 5.95 Å². The van der Waals surface area contributed by atoms with E-state index >= 15 is 0 Å². The van der Waals surface area contributed by atoms with E-state index in [9.17, 15) is 4.79 Å². The van der Waals surface area contributed by atoms with Gasteiger partial charge in [-0.2, -0.15) is 0 Å². The molecule has 1 aromatic heterocycles. The molecule has 0 saturated carbocycles. The Morgan fingerprint density at radius 1 is 1.53 bits per heavy atom. The van der Waals surface area contributed by atoms with Crippen molar-refractivity contribution >= 4 is 11.9 Å². The summed E-state index contributed by atoms with van der Waals surface area (Å²) < 4.78 is 2.03. The van der Waals surface area contributed by atoms with E-state index < -0.39 is 0 Å². The number of nitrogens with zero attached hydrogens (tertiary/aromatic N) is 3. The zero-order valence-electron chi connectivity index (χ0n) is 10.9. The highest BCUT2D eigenvalue weighted by molar-refractivity contribution is 5.75. The van der Waals surface area contributed by atoms with Crippen molar-refractivity contribution in [1.82, 2.24) is 20.2 Å². The van der Waals surface area contributed by atoms with Crippen molar-refractivity contribution in [2.45, 2.75) is 13.0 Å². The predicted octanol–water partition coefficient (Wildman–Crippen LogP) is -0.288. The molecule has 0 bridgehead atoms. The van der Waals surface area contributed by atoms with Crippen LogP contribution in [-0.4, -0.2) is 43.1 Å². The third-order valence-corrected chi connectivity index (χ3v) is 2.57. The van der Waals surface area contributed by atoms with Gasteiger partial charge in [-0.1, -0.05) is 0 Å². The number of hydrogen-bond donors (Lipinski definition) is 2. The second kappa shape index (κ2) is 6.24. The molecule has 0 unspecified atom stereocenters. The van der Waals surface area contributed by atoms with Gasteiger partial charge in [-0.25, -0.2) is 4.98 Å². The normalized spacial score (nSPS) is 10.4. The van der Waals surface area contributed by atoms with E-state index in [2.05, 4.69) is 15.6 Å².